The number of carbonyl (C=O) groups excluding carboxylic acids is 2. The fraction of sp³-hybridized carbons (Fsp3) is 0.533. The highest BCUT2D eigenvalue weighted by Crippen LogP contribution is 2.31. The Kier molecular flexibility index (Phi) is 8.33. The topological polar surface area (TPSA) is 116 Å². The summed E-state index contributed by atoms with van der Waals surface area (Å²) in [6, 6.07) is 6.95. The number of imidazole rings is 1. The molecule has 0 radical (unpaired) electrons. The fourth-order valence-corrected chi connectivity index (χ4v) is 6.76. The number of hydrogen-bond donors (Lipinski definition) is 2. The summed E-state index contributed by atoms with van der Waals surface area (Å²) in [5.74, 6) is -2.22. The molecule has 2 N–H and O–H groups in total. The van der Waals surface area contributed by atoms with Gasteiger partial charge < -0.3 is 24.8 Å². The number of hydrogen-bond acceptors (Lipinski definition) is 5. The van der Waals surface area contributed by atoms with Crippen molar-refractivity contribution in [1.82, 2.24) is 34.6 Å². The number of ether oxygens (including phenoxy) is 1. The van der Waals surface area contributed by atoms with Gasteiger partial charge in [-0.15, -0.1) is 0 Å². The molecule has 3 atom stereocenters. The number of likely N-dealkylation sites (tertiary alicyclic amines) is 3. The van der Waals surface area contributed by atoms with Crippen molar-refractivity contribution < 1.29 is 23.1 Å². The molecule has 5 heterocycles. The lowest BCUT2D eigenvalue weighted by Gasteiger charge is -2.34. The highest BCUT2D eigenvalue weighted by atomic mass is 19.2. The van der Waals surface area contributed by atoms with Crippen LogP contribution >= 0.6 is 0 Å². The van der Waals surface area contributed by atoms with E-state index in [1.807, 2.05) is 6.07 Å². The third-order valence-electron chi connectivity index (χ3n) is 9.12. The molecule has 4 amide bonds. The van der Waals surface area contributed by atoms with Gasteiger partial charge in [0.2, 0.25) is 0 Å². The normalized spacial score (nSPS) is 23.5. The minimum Gasteiger partial charge on any atom is -0.380 e. The molecular formula is C30H37F2N7O4. The summed E-state index contributed by atoms with van der Waals surface area (Å²) in [6.07, 6.45) is 4.54. The van der Waals surface area contributed by atoms with Crippen LogP contribution < -0.4 is 11.0 Å². The molecule has 1 aromatic carbocycles. The van der Waals surface area contributed by atoms with Crippen LogP contribution in [0.3, 0.4) is 0 Å². The molecule has 6 rings (SSSR count). The van der Waals surface area contributed by atoms with E-state index in [4.69, 9.17) is 4.74 Å². The molecule has 230 valence electrons. The van der Waals surface area contributed by atoms with Gasteiger partial charge in [0.15, 0.2) is 17.3 Å². The minimum atomic E-state index is -0.915. The average Bonchev–Trinajstić information content (AvgIpc) is 3.57. The number of aromatic amines is 1. The number of nitrogens with zero attached hydrogens (tertiary/aromatic N) is 5. The van der Waals surface area contributed by atoms with E-state index in [2.05, 4.69) is 15.3 Å². The lowest BCUT2D eigenvalue weighted by atomic mass is 9.93. The second kappa shape index (κ2) is 12.3. The Balaban J connectivity index is 1.13. The van der Waals surface area contributed by atoms with Crippen molar-refractivity contribution in [1.29, 1.82) is 0 Å². The maximum absolute atomic E-state index is 14.8. The van der Waals surface area contributed by atoms with Gasteiger partial charge in [-0.05, 0) is 55.9 Å². The largest absolute Gasteiger partial charge is 0.380 e. The molecule has 1 unspecified atom stereocenters. The summed E-state index contributed by atoms with van der Waals surface area (Å²) in [4.78, 5) is 51.8. The van der Waals surface area contributed by atoms with Gasteiger partial charge in [-0.3, -0.25) is 9.55 Å². The first-order valence-electron chi connectivity index (χ1n) is 14.9. The Labute approximate surface area is 247 Å². The number of urea groups is 2. The second-order valence-corrected chi connectivity index (χ2v) is 11.7. The highest BCUT2D eigenvalue weighted by Gasteiger charge is 2.36. The van der Waals surface area contributed by atoms with Crippen LogP contribution in [-0.4, -0.2) is 99.8 Å². The van der Waals surface area contributed by atoms with Crippen LogP contribution in [-0.2, 0) is 4.74 Å². The van der Waals surface area contributed by atoms with Crippen LogP contribution in [0.4, 0.5) is 18.4 Å². The van der Waals surface area contributed by atoms with Crippen molar-refractivity contribution in [3.05, 3.63) is 64.2 Å². The molecular weight excluding hydrogens is 560 g/mol. The number of H-pyrrole nitrogens is 1. The molecule has 0 bridgehead atoms. The van der Waals surface area contributed by atoms with E-state index in [-0.39, 0.29) is 54.6 Å². The van der Waals surface area contributed by atoms with Gasteiger partial charge in [0.1, 0.15) is 0 Å². The van der Waals surface area contributed by atoms with Gasteiger partial charge in [0.05, 0.1) is 11.6 Å². The van der Waals surface area contributed by atoms with Crippen molar-refractivity contribution in [3.63, 3.8) is 0 Å². The number of aromatic nitrogens is 3. The van der Waals surface area contributed by atoms with Crippen LogP contribution in [0.15, 0.2) is 41.3 Å². The number of methoxy groups -OCH3 is 1. The van der Waals surface area contributed by atoms with E-state index < -0.39 is 17.6 Å². The molecule has 0 aliphatic carbocycles. The van der Waals surface area contributed by atoms with Gasteiger partial charge in [-0.2, -0.15) is 0 Å². The Morgan fingerprint density at radius 1 is 0.953 bits per heavy atom. The van der Waals surface area contributed by atoms with Crippen LogP contribution in [0.25, 0.3) is 11.2 Å². The zero-order valence-corrected chi connectivity index (χ0v) is 24.2. The van der Waals surface area contributed by atoms with E-state index in [9.17, 15) is 23.2 Å². The molecule has 11 nitrogen and oxygen atoms in total. The average molecular weight is 598 g/mol. The first kappa shape index (κ1) is 29.1. The summed E-state index contributed by atoms with van der Waals surface area (Å²) in [6.45, 7) is 2.43. The molecule has 0 saturated carbocycles. The summed E-state index contributed by atoms with van der Waals surface area (Å²) < 4.78 is 36.1. The molecule has 3 aromatic rings. The van der Waals surface area contributed by atoms with Crippen LogP contribution in [0.2, 0.25) is 0 Å². The molecule has 43 heavy (non-hydrogen) atoms. The van der Waals surface area contributed by atoms with Crippen LogP contribution in [0.5, 0.6) is 0 Å². The fourth-order valence-electron chi connectivity index (χ4n) is 6.76. The Hall–Kier alpha value is -4.00. The summed E-state index contributed by atoms with van der Waals surface area (Å²) in [7, 11) is 1.62. The number of carbonyl (C=O) groups is 2. The van der Waals surface area contributed by atoms with Crippen molar-refractivity contribution >= 4 is 23.2 Å². The zero-order valence-electron chi connectivity index (χ0n) is 24.2. The smallest absolute Gasteiger partial charge is 0.327 e. The number of pyridine rings is 1. The second-order valence-electron chi connectivity index (χ2n) is 11.7. The minimum absolute atomic E-state index is 0.0396. The van der Waals surface area contributed by atoms with Crippen molar-refractivity contribution in [2.45, 2.75) is 56.2 Å². The summed E-state index contributed by atoms with van der Waals surface area (Å²) >= 11 is 0. The molecule has 3 saturated heterocycles. The monoisotopic (exact) mass is 597 g/mol. The Bertz CT molecular complexity index is 1540. The maximum Gasteiger partial charge on any atom is 0.327 e. The van der Waals surface area contributed by atoms with E-state index >= 15 is 0 Å². The number of amides is 4. The number of halogens is 2. The highest BCUT2D eigenvalue weighted by molar-refractivity contribution is 5.76. The van der Waals surface area contributed by atoms with E-state index in [1.165, 1.54) is 6.07 Å². The van der Waals surface area contributed by atoms with Crippen LogP contribution in [0.1, 0.15) is 49.6 Å². The number of benzene rings is 1. The van der Waals surface area contributed by atoms with Crippen molar-refractivity contribution in [2.24, 2.45) is 0 Å². The number of fused-ring (bicyclic) bond motifs is 1. The van der Waals surface area contributed by atoms with Crippen molar-refractivity contribution in [3.8, 4) is 0 Å². The van der Waals surface area contributed by atoms with Gasteiger partial charge in [0, 0.05) is 70.6 Å². The SMILES string of the molecule is COC1CCN(C(=O)N2C[C@H](NC(=O)N3CCC(n4c(=O)[nH]c5ncccc54)CC3)CC[C@@H](c3cccc(F)c3F)C2)C1. The van der Waals surface area contributed by atoms with E-state index in [0.717, 1.165) is 18.0 Å². The number of nitrogens with one attached hydrogen (secondary N) is 2. The van der Waals surface area contributed by atoms with Crippen molar-refractivity contribution in [2.75, 3.05) is 46.4 Å². The third kappa shape index (κ3) is 5.95. The quantitative estimate of drug-likeness (QED) is 0.478. The number of rotatable bonds is 4. The molecule has 3 fully saturated rings. The van der Waals surface area contributed by atoms with Crippen LogP contribution in [0, 0.1) is 11.6 Å². The van der Waals surface area contributed by atoms with Gasteiger partial charge in [-0.25, -0.2) is 28.1 Å². The summed E-state index contributed by atoms with van der Waals surface area (Å²) in [5.41, 5.74) is 1.32. The van der Waals surface area contributed by atoms with Gasteiger partial charge in [0.25, 0.3) is 0 Å². The van der Waals surface area contributed by atoms with Gasteiger partial charge >= 0.3 is 17.8 Å². The third-order valence-corrected chi connectivity index (χ3v) is 9.12. The van der Waals surface area contributed by atoms with E-state index in [0.29, 0.717) is 57.5 Å². The molecule has 2 aromatic heterocycles. The lowest BCUT2D eigenvalue weighted by Crippen LogP contribution is -2.52. The first-order valence-corrected chi connectivity index (χ1v) is 14.9. The predicted molar refractivity (Wildman–Crippen MR) is 155 cm³/mol. The molecule has 3 aliphatic heterocycles. The predicted octanol–water partition coefficient (Wildman–Crippen LogP) is 3.44. The zero-order chi connectivity index (χ0) is 30.1. The Morgan fingerprint density at radius 3 is 2.51 bits per heavy atom. The van der Waals surface area contributed by atoms with Gasteiger partial charge in [-0.1, -0.05) is 12.1 Å². The standard InChI is InChI=1S/C30H37F2N7O4/c1-43-22-11-15-37(18-22)30(42)38-16-19(23-4-2-5-24(31)26(23)32)7-8-20(17-38)34-28(40)36-13-9-21(10-14-36)39-25-6-3-12-33-27(25)35-29(39)41/h2-6,12,19-22H,7-11,13-18H2,1H3,(H,34,40)(H,33,35,41)/t19-,20-,22?/m1/s1. The summed E-state index contributed by atoms with van der Waals surface area (Å²) in [5, 5.41) is 3.11. The number of piperidine rings is 1. The lowest BCUT2D eigenvalue weighted by molar-refractivity contribution is 0.104. The molecule has 3 aliphatic rings. The molecule has 0 spiro atoms. The molecule has 13 heteroatoms. The maximum atomic E-state index is 14.8. The first-order chi connectivity index (χ1) is 20.8. The Morgan fingerprint density at radius 2 is 1.74 bits per heavy atom. The van der Waals surface area contributed by atoms with E-state index in [1.54, 1.807) is 44.7 Å².